The van der Waals surface area contributed by atoms with E-state index in [-0.39, 0.29) is 12.0 Å². The monoisotopic (exact) mass is 516 g/mol. The second-order valence-electron chi connectivity index (χ2n) is 9.08. The molecule has 0 spiro atoms. The molecular formula is C25H26F6N2O3. The Hall–Kier alpha value is -2.63. The molecule has 0 saturated carbocycles. The van der Waals surface area contributed by atoms with E-state index in [1.54, 1.807) is 12.1 Å². The van der Waals surface area contributed by atoms with Gasteiger partial charge in [-0.2, -0.15) is 26.3 Å². The molecule has 4 rings (SSSR count). The van der Waals surface area contributed by atoms with Crippen molar-refractivity contribution in [3.8, 4) is 11.1 Å². The molecular weight excluding hydrogens is 490 g/mol. The minimum atomic E-state index is -5.92. The standard InChI is InChI=1S/C25H26F6N2O3/c26-24(27,28)23(35,25(29,30)31)20-9-7-19(8-10-20)18-5-3-17(4-6-18)16-32-11-13-33(14-12-32)22(34)21-2-1-15-36-21/h3-10,21,35H,1-2,11-16H2. The Labute approximate surface area is 204 Å². The van der Waals surface area contributed by atoms with E-state index in [9.17, 15) is 36.2 Å². The van der Waals surface area contributed by atoms with Crippen molar-refractivity contribution in [2.75, 3.05) is 32.8 Å². The van der Waals surface area contributed by atoms with Gasteiger partial charge in [0.2, 0.25) is 0 Å². The zero-order chi connectivity index (χ0) is 26.1. The summed E-state index contributed by atoms with van der Waals surface area (Å²) in [7, 11) is 0. The summed E-state index contributed by atoms with van der Waals surface area (Å²) in [5.41, 5.74) is -4.22. The number of piperazine rings is 1. The third kappa shape index (κ3) is 5.23. The lowest BCUT2D eigenvalue weighted by molar-refractivity contribution is -0.376. The number of nitrogens with zero attached hydrogens (tertiary/aromatic N) is 2. The summed E-state index contributed by atoms with van der Waals surface area (Å²) in [5.74, 6) is 0.0476. The lowest BCUT2D eigenvalue weighted by Crippen LogP contribution is -2.53. The first-order valence-electron chi connectivity index (χ1n) is 11.6. The summed E-state index contributed by atoms with van der Waals surface area (Å²) in [5, 5.41) is 9.53. The molecule has 0 radical (unpaired) electrons. The van der Waals surface area contributed by atoms with Crippen LogP contribution in [0.3, 0.4) is 0 Å². The van der Waals surface area contributed by atoms with E-state index < -0.39 is 23.5 Å². The molecule has 1 N–H and O–H groups in total. The Morgan fingerprint density at radius 1 is 0.861 bits per heavy atom. The molecule has 2 aromatic rings. The average molecular weight is 516 g/mol. The van der Waals surface area contributed by atoms with Crippen molar-refractivity contribution in [1.82, 2.24) is 9.80 Å². The first-order valence-corrected chi connectivity index (χ1v) is 11.6. The quantitative estimate of drug-likeness (QED) is 0.596. The van der Waals surface area contributed by atoms with Crippen molar-refractivity contribution in [2.45, 2.75) is 43.4 Å². The van der Waals surface area contributed by atoms with Gasteiger partial charge in [-0.1, -0.05) is 48.5 Å². The first kappa shape index (κ1) is 26.4. The highest BCUT2D eigenvalue weighted by atomic mass is 19.4. The van der Waals surface area contributed by atoms with Crippen LogP contribution in [0.5, 0.6) is 0 Å². The van der Waals surface area contributed by atoms with Gasteiger partial charge in [0.15, 0.2) is 0 Å². The van der Waals surface area contributed by atoms with Gasteiger partial charge in [-0.05, 0) is 29.5 Å². The molecule has 2 saturated heterocycles. The van der Waals surface area contributed by atoms with Crippen LogP contribution in [0, 0.1) is 0 Å². The van der Waals surface area contributed by atoms with Gasteiger partial charge < -0.3 is 14.7 Å². The molecule has 5 nitrogen and oxygen atoms in total. The van der Waals surface area contributed by atoms with Crippen molar-refractivity contribution in [3.05, 3.63) is 59.7 Å². The number of amides is 1. The number of alkyl halides is 6. The summed E-state index contributed by atoms with van der Waals surface area (Å²) in [6.45, 7) is 3.92. The van der Waals surface area contributed by atoms with E-state index in [2.05, 4.69) is 4.90 Å². The highest BCUT2D eigenvalue weighted by Crippen LogP contribution is 2.50. The Morgan fingerprint density at radius 2 is 1.39 bits per heavy atom. The maximum Gasteiger partial charge on any atom is 0.430 e. The maximum absolute atomic E-state index is 13.1. The molecule has 2 aliphatic heterocycles. The van der Waals surface area contributed by atoms with Crippen molar-refractivity contribution in [3.63, 3.8) is 0 Å². The summed E-state index contributed by atoms with van der Waals surface area (Å²) in [6.07, 6.45) is -10.5. The molecule has 36 heavy (non-hydrogen) atoms. The molecule has 1 unspecified atom stereocenters. The average Bonchev–Trinajstić information content (AvgIpc) is 3.38. The fourth-order valence-corrected chi connectivity index (χ4v) is 4.56. The smallest absolute Gasteiger partial charge is 0.369 e. The molecule has 1 amide bonds. The summed E-state index contributed by atoms with van der Waals surface area (Å²) in [4.78, 5) is 16.5. The van der Waals surface area contributed by atoms with E-state index in [0.717, 1.165) is 30.5 Å². The van der Waals surface area contributed by atoms with Gasteiger partial charge in [0, 0.05) is 44.9 Å². The molecule has 2 aliphatic rings. The molecule has 2 fully saturated rings. The second kappa shape index (κ2) is 10.0. The maximum atomic E-state index is 13.1. The van der Waals surface area contributed by atoms with E-state index >= 15 is 0 Å². The van der Waals surface area contributed by atoms with E-state index in [1.165, 1.54) is 0 Å². The number of hydrogen-bond acceptors (Lipinski definition) is 4. The Kier molecular flexibility index (Phi) is 7.36. The molecule has 2 heterocycles. The van der Waals surface area contributed by atoms with Crippen LogP contribution >= 0.6 is 0 Å². The van der Waals surface area contributed by atoms with E-state index in [4.69, 9.17) is 4.74 Å². The van der Waals surface area contributed by atoms with Crippen LogP contribution in [0.4, 0.5) is 26.3 Å². The molecule has 11 heteroatoms. The van der Waals surface area contributed by atoms with Gasteiger partial charge >= 0.3 is 12.4 Å². The minimum absolute atomic E-state index is 0.0476. The molecule has 0 bridgehead atoms. The second-order valence-corrected chi connectivity index (χ2v) is 9.08. The fourth-order valence-electron chi connectivity index (χ4n) is 4.56. The van der Waals surface area contributed by atoms with E-state index in [1.807, 2.05) is 17.0 Å². The minimum Gasteiger partial charge on any atom is -0.369 e. The number of rotatable bonds is 5. The van der Waals surface area contributed by atoms with Crippen molar-refractivity contribution >= 4 is 5.91 Å². The SMILES string of the molecule is O=C(C1CCCO1)N1CCN(Cc2ccc(-c3ccc(C(O)(C(F)(F)F)C(F)(F)F)cc3)cc2)CC1. The van der Waals surface area contributed by atoms with Crippen LogP contribution < -0.4 is 0 Å². The molecule has 0 aliphatic carbocycles. The van der Waals surface area contributed by atoms with Crippen molar-refractivity contribution in [2.24, 2.45) is 0 Å². The van der Waals surface area contributed by atoms with Gasteiger partial charge in [-0.25, -0.2) is 0 Å². The third-order valence-corrected chi connectivity index (χ3v) is 6.71. The van der Waals surface area contributed by atoms with Crippen LogP contribution in [0.15, 0.2) is 48.5 Å². The highest BCUT2D eigenvalue weighted by molar-refractivity contribution is 5.81. The number of carbonyl (C=O) groups excluding carboxylic acids is 1. The topological polar surface area (TPSA) is 53.0 Å². The zero-order valence-corrected chi connectivity index (χ0v) is 19.3. The lowest BCUT2D eigenvalue weighted by Gasteiger charge is -2.35. The van der Waals surface area contributed by atoms with Gasteiger partial charge in [-0.15, -0.1) is 0 Å². The van der Waals surface area contributed by atoms with Crippen LogP contribution in [0.25, 0.3) is 11.1 Å². The van der Waals surface area contributed by atoms with Gasteiger partial charge in [0.25, 0.3) is 11.5 Å². The fraction of sp³-hybridized carbons (Fsp3) is 0.480. The molecule has 0 aromatic heterocycles. The highest BCUT2D eigenvalue weighted by Gasteiger charge is 2.71. The number of benzene rings is 2. The number of carbonyl (C=O) groups is 1. The summed E-state index contributed by atoms with van der Waals surface area (Å²) in [6, 6.07) is 10.7. The normalized spacial score (nSPS) is 20.1. The Bertz CT molecular complexity index is 1030. The lowest BCUT2D eigenvalue weighted by atomic mass is 9.90. The van der Waals surface area contributed by atoms with E-state index in [0.29, 0.717) is 62.6 Å². The number of hydrogen-bond donors (Lipinski definition) is 1. The largest absolute Gasteiger partial charge is 0.430 e. The number of ether oxygens (including phenoxy) is 1. The predicted molar refractivity (Wildman–Crippen MR) is 119 cm³/mol. The molecule has 2 aromatic carbocycles. The van der Waals surface area contributed by atoms with Crippen molar-refractivity contribution < 1.29 is 41.0 Å². The third-order valence-electron chi connectivity index (χ3n) is 6.71. The van der Waals surface area contributed by atoms with Gasteiger partial charge in [0.1, 0.15) is 6.10 Å². The van der Waals surface area contributed by atoms with Crippen LogP contribution in [-0.2, 0) is 21.7 Å². The summed E-state index contributed by atoms with van der Waals surface area (Å²) >= 11 is 0. The predicted octanol–water partition coefficient (Wildman–Crippen LogP) is 4.49. The van der Waals surface area contributed by atoms with Gasteiger partial charge in [0.05, 0.1) is 0 Å². The Balaban J connectivity index is 1.37. The van der Waals surface area contributed by atoms with Crippen LogP contribution in [0.1, 0.15) is 24.0 Å². The number of halogens is 6. The Morgan fingerprint density at radius 3 is 1.86 bits per heavy atom. The van der Waals surface area contributed by atoms with Crippen LogP contribution in [-0.4, -0.2) is 72.1 Å². The zero-order valence-electron chi connectivity index (χ0n) is 19.3. The molecule has 1 atom stereocenters. The summed E-state index contributed by atoms with van der Waals surface area (Å²) < 4.78 is 83.9. The van der Waals surface area contributed by atoms with Crippen LogP contribution in [0.2, 0.25) is 0 Å². The molecule has 196 valence electrons. The van der Waals surface area contributed by atoms with Crippen molar-refractivity contribution in [1.29, 1.82) is 0 Å². The number of aliphatic hydroxyl groups is 1. The van der Waals surface area contributed by atoms with Gasteiger partial charge in [-0.3, -0.25) is 9.69 Å². The first-order chi connectivity index (χ1) is 16.9.